The van der Waals surface area contributed by atoms with Crippen LogP contribution >= 0.6 is 0 Å². The molecule has 0 amide bonds. The second-order valence-corrected chi connectivity index (χ2v) is 3.94. The SMILES string of the molecule is COc1ccc(C(C)(C)C)nc1F. The van der Waals surface area contributed by atoms with Crippen molar-refractivity contribution in [2.24, 2.45) is 0 Å². The van der Waals surface area contributed by atoms with Gasteiger partial charge in [-0.2, -0.15) is 4.39 Å². The zero-order valence-corrected chi connectivity index (χ0v) is 8.39. The molecule has 1 aromatic heterocycles. The molecule has 0 atom stereocenters. The lowest BCUT2D eigenvalue weighted by atomic mass is 9.92. The highest BCUT2D eigenvalue weighted by molar-refractivity contribution is 5.24. The van der Waals surface area contributed by atoms with Crippen molar-refractivity contribution in [3.05, 3.63) is 23.8 Å². The van der Waals surface area contributed by atoms with Gasteiger partial charge in [0.2, 0.25) is 0 Å². The molecule has 0 bridgehead atoms. The molecule has 0 N–H and O–H groups in total. The Hall–Kier alpha value is -1.12. The largest absolute Gasteiger partial charge is 0.492 e. The van der Waals surface area contributed by atoms with E-state index < -0.39 is 5.95 Å². The van der Waals surface area contributed by atoms with Crippen molar-refractivity contribution < 1.29 is 9.13 Å². The monoisotopic (exact) mass is 183 g/mol. The van der Waals surface area contributed by atoms with Gasteiger partial charge in [-0.25, -0.2) is 4.98 Å². The number of rotatable bonds is 1. The summed E-state index contributed by atoms with van der Waals surface area (Å²) in [6.07, 6.45) is 0. The van der Waals surface area contributed by atoms with Crippen LogP contribution in [-0.4, -0.2) is 12.1 Å². The summed E-state index contributed by atoms with van der Waals surface area (Å²) in [5.41, 5.74) is 0.596. The van der Waals surface area contributed by atoms with Crippen molar-refractivity contribution in [2.45, 2.75) is 26.2 Å². The highest BCUT2D eigenvalue weighted by Crippen LogP contribution is 2.23. The zero-order valence-electron chi connectivity index (χ0n) is 8.39. The third-order valence-corrected chi connectivity index (χ3v) is 1.80. The van der Waals surface area contributed by atoms with Crippen molar-refractivity contribution in [3.8, 4) is 5.75 Å². The van der Waals surface area contributed by atoms with Crippen molar-refractivity contribution in [1.29, 1.82) is 0 Å². The Kier molecular flexibility index (Phi) is 2.55. The fraction of sp³-hybridized carbons (Fsp3) is 0.500. The Bertz CT molecular complexity index is 304. The average Bonchev–Trinajstić information content (AvgIpc) is 2.02. The maximum Gasteiger partial charge on any atom is 0.255 e. The molecule has 0 aliphatic rings. The third-order valence-electron chi connectivity index (χ3n) is 1.80. The number of nitrogens with zero attached hydrogens (tertiary/aromatic N) is 1. The Morgan fingerprint density at radius 3 is 2.31 bits per heavy atom. The Balaban J connectivity index is 3.10. The van der Waals surface area contributed by atoms with E-state index in [0.29, 0.717) is 0 Å². The van der Waals surface area contributed by atoms with E-state index in [0.717, 1.165) is 5.69 Å². The van der Waals surface area contributed by atoms with Gasteiger partial charge >= 0.3 is 0 Å². The van der Waals surface area contributed by atoms with Crippen molar-refractivity contribution in [3.63, 3.8) is 0 Å². The smallest absolute Gasteiger partial charge is 0.255 e. The first-order valence-corrected chi connectivity index (χ1v) is 4.16. The van der Waals surface area contributed by atoms with Gasteiger partial charge in [-0.05, 0) is 12.1 Å². The molecule has 0 saturated carbocycles. The summed E-state index contributed by atoms with van der Waals surface area (Å²) >= 11 is 0. The summed E-state index contributed by atoms with van der Waals surface area (Å²) in [6.45, 7) is 5.96. The first-order valence-electron chi connectivity index (χ1n) is 4.16. The van der Waals surface area contributed by atoms with Gasteiger partial charge in [0.15, 0.2) is 5.75 Å². The standard InChI is InChI=1S/C10H14FNO/c1-10(2,3)8-6-5-7(13-4)9(11)12-8/h5-6H,1-4H3. The maximum absolute atomic E-state index is 13.1. The van der Waals surface area contributed by atoms with Gasteiger partial charge in [-0.3, -0.25) is 0 Å². The summed E-state index contributed by atoms with van der Waals surface area (Å²) in [5.74, 6) is -0.358. The second kappa shape index (κ2) is 3.32. The first-order chi connectivity index (χ1) is 5.95. The molecule has 3 heteroatoms. The Morgan fingerprint density at radius 2 is 1.92 bits per heavy atom. The number of ether oxygens (including phenoxy) is 1. The highest BCUT2D eigenvalue weighted by Gasteiger charge is 2.17. The van der Waals surface area contributed by atoms with Gasteiger partial charge < -0.3 is 4.74 Å². The van der Waals surface area contributed by atoms with Crippen molar-refractivity contribution in [2.75, 3.05) is 7.11 Å². The molecule has 0 spiro atoms. The summed E-state index contributed by atoms with van der Waals surface area (Å²) in [5, 5.41) is 0. The number of hydrogen-bond donors (Lipinski definition) is 0. The summed E-state index contributed by atoms with van der Waals surface area (Å²) < 4.78 is 17.9. The topological polar surface area (TPSA) is 22.1 Å². The molecule has 1 rings (SSSR count). The number of methoxy groups -OCH3 is 1. The van der Waals surface area contributed by atoms with E-state index in [4.69, 9.17) is 4.74 Å². The molecule has 72 valence electrons. The quantitative estimate of drug-likeness (QED) is 0.624. The van der Waals surface area contributed by atoms with E-state index in [1.54, 1.807) is 12.1 Å². The maximum atomic E-state index is 13.1. The summed E-state index contributed by atoms with van der Waals surface area (Å²) in [7, 11) is 1.43. The lowest BCUT2D eigenvalue weighted by molar-refractivity contribution is 0.374. The zero-order chi connectivity index (χ0) is 10.1. The van der Waals surface area contributed by atoms with Crippen LogP contribution < -0.4 is 4.74 Å². The lowest BCUT2D eigenvalue weighted by Crippen LogP contribution is -2.14. The van der Waals surface area contributed by atoms with Crippen LogP contribution in [0.2, 0.25) is 0 Å². The van der Waals surface area contributed by atoms with E-state index in [9.17, 15) is 4.39 Å². The predicted molar refractivity (Wildman–Crippen MR) is 49.4 cm³/mol. The molecule has 1 heterocycles. The van der Waals surface area contributed by atoms with Gasteiger partial charge in [-0.1, -0.05) is 20.8 Å². The number of halogens is 1. The average molecular weight is 183 g/mol. The molecule has 2 nitrogen and oxygen atoms in total. The number of pyridine rings is 1. The molecule has 0 unspecified atom stereocenters. The second-order valence-electron chi connectivity index (χ2n) is 3.94. The number of hydrogen-bond acceptors (Lipinski definition) is 2. The van der Waals surface area contributed by atoms with Crippen LogP contribution in [0.3, 0.4) is 0 Å². The molecule has 0 fully saturated rings. The van der Waals surface area contributed by atoms with Gasteiger partial charge in [0.25, 0.3) is 5.95 Å². The molecular formula is C10H14FNO. The van der Waals surface area contributed by atoms with Crippen LogP contribution in [0.5, 0.6) is 5.75 Å². The molecule has 0 aromatic carbocycles. The van der Waals surface area contributed by atoms with Crippen LogP contribution in [-0.2, 0) is 5.41 Å². The molecule has 1 aromatic rings. The van der Waals surface area contributed by atoms with Crippen LogP contribution in [0.4, 0.5) is 4.39 Å². The van der Waals surface area contributed by atoms with E-state index in [1.807, 2.05) is 20.8 Å². The van der Waals surface area contributed by atoms with Crippen LogP contribution in [0.25, 0.3) is 0 Å². The highest BCUT2D eigenvalue weighted by atomic mass is 19.1. The van der Waals surface area contributed by atoms with Crippen molar-refractivity contribution >= 4 is 0 Å². The summed E-state index contributed by atoms with van der Waals surface area (Å²) in [6, 6.07) is 3.38. The number of aromatic nitrogens is 1. The summed E-state index contributed by atoms with van der Waals surface area (Å²) in [4.78, 5) is 3.82. The molecule has 0 aliphatic heterocycles. The van der Waals surface area contributed by atoms with E-state index in [-0.39, 0.29) is 11.2 Å². The third kappa shape index (κ3) is 2.17. The predicted octanol–water partition coefficient (Wildman–Crippen LogP) is 2.53. The van der Waals surface area contributed by atoms with Crippen molar-refractivity contribution in [1.82, 2.24) is 4.98 Å². The van der Waals surface area contributed by atoms with Gasteiger partial charge in [0, 0.05) is 11.1 Å². The van der Waals surface area contributed by atoms with E-state index in [2.05, 4.69) is 4.98 Å². The van der Waals surface area contributed by atoms with Crippen LogP contribution in [0.1, 0.15) is 26.5 Å². The molecule has 0 saturated heterocycles. The Morgan fingerprint density at radius 1 is 1.31 bits per heavy atom. The van der Waals surface area contributed by atoms with Crippen LogP contribution in [0, 0.1) is 5.95 Å². The van der Waals surface area contributed by atoms with Gasteiger partial charge in [0.05, 0.1) is 7.11 Å². The molecule has 13 heavy (non-hydrogen) atoms. The van der Waals surface area contributed by atoms with E-state index >= 15 is 0 Å². The minimum Gasteiger partial charge on any atom is -0.492 e. The van der Waals surface area contributed by atoms with Crippen LogP contribution in [0.15, 0.2) is 12.1 Å². The molecule has 0 radical (unpaired) electrons. The lowest BCUT2D eigenvalue weighted by Gasteiger charge is -2.17. The van der Waals surface area contributed by atoms with Gasteiger partial charge in [0.1, 0.15) is 0 Å². The van der Waals surface area contributed by atoms with E-state index in [1.165, 1.54) is 7.11 Å². The minimum absolute atomic E-state index is 0.132. The molecular weight excluding hydrogens is 169 g/mol. The fourth-order valence-corrected chi connectivity index (χ4v) is 0.991. The van der Waals surface area contributed by atoms with Gasteiger partial charge in [-0.15, -0.1) is 0 Å². The normalized spacial score (nSPS) is 11.5. The minimum atomic E-state index is -0.546. The fourth-order valence-electron chi connectivity index (χ4n) is 0.991. The molecule has 0 aliphatic carbocycles. The first kappa shape index (κ1) is 9.96. The Labute approximate surface area is 77.8 Å².